The SMILES string of the molecule is COc1ccc(C(=O)N2CCN(CC3CCCO3)CC2)cc1[N+](=O)[O-]. The lowest BCUT2D eigenvalue weighted by Gasteiger charge is -2.35. The van der Waals surface area contributed by atoms with E-state index in [1.54, 1.807) is 11.0 Å². The zero-order chi connectivity index (χ0) is 17.8. The first kappa shape index (κ1) is 17.6. The summed E-state index contributed by atoms with van der Waals surface area (Å²) in [6, 6.07) is 4.34. The zero-order valence-electron chi connectivity index (χ0n) is 14.3. The molecule has 2 aliphatic rings. The van der Waals surface area contributed by atoms with E-state index in [9.17, 15) is 14.9 Å². The highest BCUT2D eigenvalue weighted by Gasteiger charge is 2.27. The first-order chi connectivity index (χ1) is 12.1. The van der Waals surface area contributed by atoms with Crippen LogP contribution in [0.1, 0.15) is 23.2 Å². The molecule has 2 saturated heterocycles. The Hall–Kier alpha value is -2.19. The third-order valence-electron chi connectivity index (χ3n) is 4.77. The fourth-order valence-corrected chi connectivity index (χ4v) is 3.36. The Balaban J connectivity index is 1.60. The summed E-state index contributed by atoms with van der Waals surface area (Å²) in [5.74, 6) is -0.0227. The molecule has 1 amide bonds. The highest BCUT2D eigenvalue weighted by atomic mass is 16.6. The molecule has 8 heteroatoms. The van der Waals surface area contributed by atoms with E-state index < -0.39 is 4.92 Å². The van der Waals surface area contributed by atoms with Gasteiger partial charge >= 0.3 is 5.69 Å². The molecule has 0 saturated carbocycles. The number of ether oxygens (including phenoxy) is 2. The van der Waals surface area contributed by atoms with Crippen molar-refractivity contribution >= 4 is 11.6 Å². The molecule has 136 valence electrons. The van der Waals surface area contributed by atoms with Gasteiger partial charge in [0.05, 0.1) is 18.1 Å². The lowest BCUT2D eigenvalue weighted by Crippen LogP contribution is -2.50. The van der Waals surface area contributed by atoms with Crippen LogP contribution in [0.5, 0.6) is 5.75 Å². The molecule has 3 rings (SSSR count). The van der Waals surface area contributed by atoms with Crippen LogP contribution in [0, 0.1) is 10.1 Å². The van der Waals surface area contributed by atoms with E-state index in [4.69, 9.17) is 9.47 Å². The molecule has 0 spiro atoms. The van der Waals surface area contributed by atoms with Crippen molar-refractivity contribution in [3.63, 3.8) is 0 Å². The Labute approximate surface area is 146 Å². The molecule has 1 aromatic rings. The van der Waals surface area contributed by atoms with Gasteiger partial charge in [0.25, 0.3) is 5.91 Å². The first-order valence-corrected chi connectivity index (χ1v) is 8.54. The number of piperazine rings is 1. The second kappa shape index (κ2) is 7.79. The molecule has 1 unspecified atom stereocenters. The van der Waals surface area contributed by atoms with Gasteiger partial charge in [0, 0.05) is 51.0 Å². The minimum absolute atomic E-state index is 0.155. The van der Waals surface area contributed by atoms with Crippen LogP contribution < -0.4 is 4.74 Å². The largest absolute Gasteiger partial charge is 0.490 e. The van der Waals surface area contributed by atoms with Crippen molar-refractivity contribution in [1.82, 2.24) is 9.80 Å². The summed E-state index contributed by atoms with van der Waals surface area (Å²) in [5, 5.41) is 11.1. The van der Waals surface area contributed by atoms with Crippen LogP contribution >= 0.6 is 0 Å². The van der Waals surface area contributed by atoms with Gasteiger partial charge in [0.15, 0.2) is 5.75 Å². The van der Waals surface area contributed by atoms with Crippen LogP contribution in [-0.4, -0.2) is 73.2 Å². The van der Waals surface area contributed by atoms with E-state index >= 15 is 0 Å². The Morgan fingerprint density at radius 3 is 2.72 bits per heavy atom. The number of carbonyl (C=O) groups excluding carboxylic acids is 1. The summed E-state index contributed by atoms with van der Waals surface area (Å²) >= 11 is 0. The normalized spacial score (nSPS) is 21.3. The van der Waals surface area contributed by atoms with E-state index in [-0.39, 0.29) is 17.3 Å². The van der Waals surface area contributed by atoms with Crippen LogP contribution in [0.3, 0.4) is 0 Å². The average Bonchev–Trinajstić information content (AvgIpc) is 3.14. The maximum absolute atomic E-state index is 12.6. The number of hydrogen-bond donors (Lipinski definition) is 0. The maximum Gasteiger partial charge on any atom is 0.311 e. The van der Waals surface area contributed by atoms with Gasteiger partial charge in [0.1, 0.15) is 0 Å². The fourth-order valence-electron chi connectivity index (χ4n) is 3.36. The molecular weight excluding hydrogens is 326 g/mol. The summed E-state index contributed by atoms with van der Waals surface area (Å²) in [4.78, 5) is 27.3. The minimum atomic E-state index is -0.533. The Morgan fingerprint density at radius 2 is 2.12 bits per heavy atom. The molecular formula is C17H23N3O5. The standard InChI is InChI=1S/C17H23N3O5/c1-24-16-5-4-13(11-15(16)20(22)23)17(21)19-8-6-18(7-9-19)12-14-3-2-10-25-14/h4-5,11,14H,2-3,6-10,12H2,1H3. The Bertz CT molecular complexity index is 637. The summed E-state index contributed by atoms with van der Waals surface area (Å²) in [5.41, 5.74) is 0.130. The zero-order valence-corrected chi connectivity index (χ0v) is 14.3. The number of hydrogen-bond acceptors (Lipinski definition) is 6. The molecule has 0 N–H and O–H groups in total. The van der Waals surface area contributed by atoms with Crippen LogP contribution in [-0.2, 0) is 4.74 Å². The molecule has 0 aliphatic carbocycles. The van der Waals surface area contributed by atoms with Gasteiger partial charge in [-0.25, -0.2) is 0 Å². The molecule has 2 fully saturated rings. The lowest BCUT2D eigenvalue weighted by atomic mass is 10.1. The topological polar surface area (TPSA) is 85.2 Å². The van der Waals surface area contributed by atoms with Crippen molar-refractivity contribution in [2.75, 3.05) is 46.4 Å². The van der Waals surface area contributed by atoms with Gasteiger partial charge in [-0.1, -0.05) is 0 Å². The molecule has 2 aliphatic heterocycles. The van der Waals surface area contributed by atoms with E-state index in [0.29, 0.717) is 24.8 Å². The summed E-state index contributed by atoms with van der Waals surface area (Å²) in [6.07, 6.45) is 2.54. The smallest absolute Gasteiger partial charge is 0.311 e. The maximum atomic E-state index is 12.6. The van der Waals surface area contributed by atoms with Crippen LogP contribution in [0.4, 0.5) is 5.69 Å². The van der Waals surface area contributed by atoms with Crippen molar-refractivity contribution in [2.45, 2.75) is 18.9 Å². The fraction of sp³-hybridized carbons (Fsp3) is 0.588. The molecule has 2 heterocycles. The summed E-state index contributed by atoms with van der Waals surface area (Å²) < 4.78 is 10.6. The molecule has 0 radical (unpaired) electrons. The van der Waals surface area contributed by atoms with Gasteiger partial charge in [-0.3, -0.25) is 19.8 Å². The van der Waals surface area contributed by atoms with E-state index in [2.05, 4.69) is 4.90 Å². The third-order valence-corrected chi connectivity index (χ3v) is 4.77. The van der Waals surface area contributed by atoms with Gasteiger partial charge in [-0.2, -0.15) is 0 Å². The second-order valence-corrected chi connectivity index (χ2v) is 6.37. The quantitative estimate of drug-likeness (QED) is 0.592. The van der Waals surface area contributed by atoms with Crippen molar-refractivity contribution in [2.24, 2.45) is 0 Å². The van der Waals surface area contributed by atoms with E-state index in [1.165, 1.54) is 19.2 Å². The minimum Gasteiger partial charge on any atom is -0.490 e. The highest BCUT2D eigenvalue weighted by Crippen LogP contribution is 2.28. The molecule has 1 aromatic carbocycles. The number of benzene rings is 1. The molecule has 8 nitrogen and oxygen atoms in total. The van der Waals surface area contributed by atoms with Crippen LogP contribution in [0.15, 0.2) is 18.2 Å². The highest BCUT2D eigenvalue weighted by molar-refractivity contribution is 5.95. The summed E-state index contributed by atoms with van der Waals surface area (Å²) in [6.45, 7) is 4.58. The van der Waals surface area contributed by atoms with Crippen molar-refractivity contribution in [3.05, 3.63) is 33.9 Å². The van der Waals surface area contributed by atoms with Crippen molar-refractivity contribution in [1.29, 1.82) is 0 Å². The number of amides is 1. The number of nitrogens with zero attached hydrogens (tertiary/aromatic N) is 3. The van der Waals surface area contributed by atoms with Gasteiger partial charge in [-0.15, -0.1) is 0 Å². The Morgan fingerprint density at radius 1 is 1.36 bits per heavy atom. The number of methoxy groups -OCH3 is 1. The monoisotopic (exact) mass is 349 g/mol. The van der Waals surface area contributed by atoms with Crippen LogP contribution in [0.25, 0.3) is 0 Å². The van der Waals surface area contributed by atoms with Crippen LogP contribution in [0.2, 0.25) is 0 Å². The summed E-state index contributed by atoms with van der Waals surface area (Å²) in [7, 11) is 1.37. The number of rotatable bonds is 5. The average molecular weight is 349 g/mol. The Kier molecular flexibility index (Phi) is 5.50. The predicted octanol–water partition coefficient (Wildman–Crippen LogP) is 1.54. The predicted molar refractivity (Wildman–Crippen MR) is 91.0 cm³/mol. The van der Waals surface area contributed by atoms with E-state index in [1.807, 2.05) is 0 Å². The molecule has 0 aromatic heterocycles. The number of carbonyl (C=O) groups is 1. The van der Waals surface area contributed by atoms with Crippen molar-refractivity contribution < 1.29 is 19.2 Å². The van der Waals surface area contributed by atoms with Gasteiger partial charge < -0.3 is 14.4 Å². The van der Waals surface area contributed by atoms with Gasteiger partial charge in [-0.05, 0) is 25.0 Å². The lowest BCUT2D eigenvalue weighted by molar-refractivity contribution is -0.385. The van der Waals surface area contributed by atoms with E-state index in [0.717, 1.165) is 39.1 Å². The second-order valence-electron chi connectivity index (χ2n) is 6.37. The molecule has 0 bridgehead atoms. The number of nitro benzene ring substituents is 1. The number of nitro groups is 1. The molecule has 25 heavy (non-hydrogen) atoms. The molecule has 1 atom stereocenters. The van der Waals surface area contributed by atoms with Gasteiger partial charge in [0.2, 0.25) is 0 Å². The van der Waals surface area contributed by atoms with Crippen molar-refractivity contribution in [3.8, 4) is 5.75 Å². The third kappa shape index (κ3) is 4.08. The first-order valence-electron chi connectivity index (χ1n) is 8.54.